The molecule has 12 heteroatoms. The van der Waals surface area contributed by atoms with Gasteiger partial charge in [0, 0.05) is 17.1 Å². The highest BCUT2D eigenvalue weighted by atomic mass is 35.5. The van der Waals surface area contributed by atoms with Crippen LogP contribution in [0.5, 0.6) is 0 Å². The maximum Gasteiger partial charge on any atom is 0.280 e. The molecule has 0 saturated heterocycles. The SMILES string of the molecule is NC(=O)c1sc2nc(C(F)F)cc(-c3ccco3)c2c1NC(=O)Cn1cc(Cl)cn1. The van der Waals surface area contributed by atoms with Crippen molar-refractivity contribution >= 4 is 50.7 Å². The van der Waals surface area contributed by atoms with Crippen LogP contribution in [0.15, 0.2) is 41.3 Å². The molecule has 0 spiro atoms. The molecule has 0 aliphatic carbocycles. The van der Waals surface area contributed by atoms with E-state index in [9.17, 15) is 18.4 Å². The number of nitrogens with one attached hydrogen (secondary N) is 1. The molecule has 0 atom stereocenters. The Balaban J connectivity index is 1.85. The lowest BCUT2D eigenvalue weighted by Crippen LogP contribution is -2.21. The molecule has 4 rings (SSSR count). The predicted molar refractivity (Wildman–Crippen MR) is 107 cm³/mol. The first kappa shape index (κ1) is 20.0. The molecule has 8 nitrogen and oxygen atoms in total. The van der Waals surface area contributed by atoms with Gasteiger partial charge in [-0.05, 0) is 18.2 Å². The van der Waals surface area contributed by atoms with Crippen molar-refractivity contribution in [2.24, 2.45) is 5.73 Å². The van der Waals surface area contributed by atoms with Gasteiger partial charge in [-0.3, -0.25) is 14.3 Å². The molecule has 3 N–H and O–H groups in total. The van der Waals surface area contributed by atoms with Gasteiger partial charge in [-0.15, -0.1) is 11.3 Å². The smallest absolute Gasteiger partial charge is 0.280 e. The van der Waals surface area contributed by atoms with Crippen molar-refractivity contribution < 1.29 is 22.8 Å². The second-order valence-electron chi connectivity index (χ2n) is 6.13. The fourth-order valence-electron chi connectivity index (χ4n) is 2.90. The molecule has 154 valence electrons. The number of anilines is 1. The fraction of sp³-hybridized carbons (Fsp3) is 0.111. The van der Waals surface area contributed by atoms with Crippen LogP contribution in [0.25, 0.3) is 21.5 Å². The topological polar surface area (TPSA) is 116 Å². The molecule has 2 amide bonds. The first-order chi connectivity index (χ1) is 14.3. The van der Waals surface area contributed by atoms with E-state index in [1.165, 1.54) is 23.3 Å². The molecule has 0 aliphatic rings. The monoisotopic (exact) mass is 451 g/mol. The maximum atomic E-state index is 13.4. The van der Waals surface area contributed by atoms with Gasteiger partial charge in [0.2, 0.25) is 5.91 Å². The molecule has 0 aromatic carbocycles. The zero-order valence-electron chi connectivity index (χ0n) is 14.9. The summed E-state index contributed by atoms with van der Waals surface area (Å²) in [6, 6.07) is 4.32. The van der Waals surface area contributed by atoms with E-state index >= 15 is 0 Å². The van der Waals surface area contributed by atoms with Crippen molar-refractivity contribution in [1.29, 1.82) is 0 Å². The summed E-state index contributed by atoms with van der Waals surface area (Å²) in [6.07, 6.45) is 1.36. The Bertz CT molecular complexity index is 1250. The van der Waals surface area contributed by atoms with Gasteiger partial charge in [-0.1, -0.05) is 11.6 Å². The molecule has 0 fully saturated rings. The number of amides is 2. The van der Waals surface area contributed by atoms with Crippen LogP contribution >= 0.6 is 22.9 Å². The number of furan rings is 1. The Morgan fingerprint density at radius 3 is 2.80 bits per heavy atom. The third-order valence-corrected chi connectivity index (χ3v) is 5.38. The first-order valence-electron chi connectivity index (χ1n) is 8.40. The molecule has 4 heterocycles. The summed E-state index contributed by atoms with van der Waals surface area (Å²) in [6.45, 7) is -0.194. The van der Waals surface area contributed by atoms with Crippen LogP contribution in [-0.4, -0.2) is 26.6 Å². The molecular formula is C18H12ClF2N5O3S. The van der Waals surface area contributed by atoms with Crippen LogP contribution in [0.4, 0.5) is 14.5 Å². The van der Waals surface area contributed by atoms with E-state index in [2.05, 4.69) is 15.4 Å². The highest BCUT2D eigenvalue weighted by Crippen LogP contribution is 2.42. The van der Waals surface area contributed by atoms with Crippen molar-refractivity contribution in [3.05, 3.63) is 52.4 Å². The number of pyridine rings is 1. The van der Waals surface area contributed by atoms with Gasteiger partial charge < -0.3 is 15.5 Å². The third-order valence-electron chi connectivity index (χ3n) is 4.09. The van der Waals surface area contributed by atoms with E-state index in [0.717, 1.165) is 17.4 Å². The van der Waals surface area contributed by atoms with E-state index < -0.39 is 23.9 Å². The van der Waals surface area contributed by atoms with Crippen LogP contribution in [0.2, 0.25) is 5.02 Å². The van der Waals surface area contributed by atoms with E-state index in [1.54, 1.807) is 12.1 Å². The molecule has 0 radical (unpaired) electrons. The summed E-state index contributed by atoms with van der Waals surface area (Å²) < 4.78 is 33.4. The second-order valence-corrected chi connectivity index (χ2v) is 7.56. The lowest BCUT2D eigenvalue weighted by molar-refractivity contribution is -0.116. The van der Waals surface area contributed by atoms with Crippen molar-refractivity contribution in [3.8, 4) is 11.3 Å². The van der Waals surface area contributed by atoms with Gasteiger partial charge in [-0.25, -0.2) is 13.8 Å². The number of aromatic nitrogens is 3. The van der Waals surface area contributed by atoms with Crippen LogP contribution in [0.1, 0.15) is 21.8 Å². The summed E-state index contributed by atoms with van der Waals surface area (Å²) >= 11 is 6.60. The van der Waals surface area contributed by atoms with E-state index in [-0.39, 0.29) is 38.6 Å². The Labute approximate surface area is 176 Å². The number of thiophene rings is 1. The lowest BCUT2D eigenvalue weighted by atomic mass is 10.1. The molecule has 0 unspecified atom stereocenters. The summed E-state index contributed by atoms with van der Waals surface area (Å²) in [7, 11) is 0. The van der Waals surface area contributed by atoms with E-state index in [4.69, 9.17) is 21.8 Å². The number of carbonyl (C=O) groups excluding carboxylic acids is 2. The van der Waals surface area contributed by atoms with E-state index in [1.807, 2.05) is 0 Å². The summed E-state index contributed by atoms with van der Waals surface area (Å²) in [5.74, 6) is -1.09. The predicted octanol–water partition coefficient (Wildman–Crippen LogP) is 4.08. The Kier molecular flexibility index (Phi) is 5.22. The van der Waals surface area contributed by atoms with E-state index in [0.29, 0.717) is 5.02 Å². The van der Waals surface area contributed by atoms with Crippen LogP contribution in [0, 0.1) is 0 Å². The molecule has 4 aromatic heterocycles. The molecular weight excluding hydrogens is 440 g/mol. The number of fused-ring (bicyclic) bond motifs is 1. The van der Waals surface area contributed by atoms with Crippen LogP contribution in [-0.2, 0) is 11.3 Å². The highest BCUT2D eigenvalue weighted by molar-refractivity contribution is 7.21. The van der Waals surface area contributed by atoms with Crippen LogP contribution in [0.3, 0.4) is 0 Å². The Hall–Kier alpha value is -3.31. The first-order valence-corrected chi connectivity index (χ1v) is 9.60. The van der Waals surface area contributed by atoms with Crippen molar-refractivity contribution in [2.75, 3.05) is 5.32 Å². The average molecular weight is 452 g/mol. The number of hydrogen-bond donors (Lipinski definition) is 2. The molecule has 4 aromatic rings. The molecule has 0 aliphatic heterocycles. The number of halogens is 3. The number of alkyl halides is 2. The Morgan fingerprint density at radius 1 is 1.40 bits per heavy atom. The standard InChI is InChI=1S/C18H12ClF2N5O3S/c19-8-5-23-26(6-8)7-12(27)25-14-13-9(11-2-1-3-29-11)4-10(16(20)21)24-18(13)30-15(14)17(22)28/h1-6,16H,7H2,(H2,22,28)(H,25,27). The van der Waals surface area contributed by atoms with Gasteiger partial charge in [0.1, 0.15) is 27.7 Å². The quantitative estimate of drug-likeness (QED) is 0.458. The van der Waals surface area contributed by atoms with Gasteiger partial charge in [0.05, 0.1) is 23.2 Å². The average Bonchev–Trinajstić information content (AvgIpc) is 3.41. The normalized spacial score (nSPS) is 11.3. The summed E-state index contributed by atoms with van der Waals surface area (Å²) in [5, 5.41) is 7.17. The molecule has 0 bridgehead atoms. The number of hydrogen-bond acceptors (Lipinski definition) is 6. The maximum absolute atomic E-state index is 13.4. The number of rotatable bonds is 6. The molecule has 30 heavy (non-hydrogen) atoms. The minimum absolute atomic E-state index is 0.0245. The summed E-state index contributed by atoms with van der Waals surface area (Å²) in [5.41, 5.74) is 5.30. The lowest BCUT2D eigenvalue weighted by Gasteiger charge is -2.09. The minimum Gasteiger partial charge on any atom is -0.464 e. The van der Waals surface area contributed by atoms with Crippen molar-refractivity contribution in [1.82, 2.24) is 14.8 Å². The highest BCUT2D eigenvalue weighted by Gasteiger charge is 2.25. The minimum atomic E-state index is -2.84. The fourth-order valence-corrected chi connectivity index (χ4v) is 4.07. The molecule has 0 saturated carbocycles. The van der Waals surface area contributed by atoms with Crippen LogP contribution < -0.4 is 11.1 Å². The number of nitrogens with zero attached hydrogens (tertiary/aromatic N) is 3. The van der Waals surface area contributed by atoms with Crippen molar-refractivity contribution in [2.45, 2.75) is 13.0 Å². The largest absolute Gasteiger partial charge is 0.464 e. The zero-order chi connectivity index (χ0) is 21.4. The third kappa shape index (κ3) is 3.76. The number of carbonyl (C=O) groups is 2. The Morgan fingerprint density at radius 2 is 2.20 bits per heavy atom. The number of nitrogens with two attached hydrogens (primary N) is 1. The van der Waals surface area contributed by atoms with Gasteiger partial charge in [0.15, 0.2) is 0 Å². The second kappa shape index (κ2) is 7.84. The van der Waals surface area contributed by atoms with Gasteiger partial charge in [-0.2, -0.15) is 5.10 Å². The zero-order valence-corrected chi connectivity index (χ0v) is 16.5. The number of primary amides is 1. The summed E-state index contributed by atoms with van der Waals surface area (Å²) in [4.78, 5) is 28.6. The van der Waals surface area contributed by atoms with Gasteiger partial charge in [0.25, 0.3) is 12.3 Å². The van der Waals surface area contributed by atoms with Crippen molar-refractivity contribution in [3.63, 3.8) is 0 Å². The van der Waals surface area contributed by atoms with Gasteiger partial charge >= 0.3 is 0 Å².